The van der Waals surface area contributed by atoms with Crippen LogP contribution in [0.15, 0.2) is 55.2 Å². The fraction of sp³-hybridized carbons (Fsp3) is 0.308. The molecule has 0 spiro atoms. The van der Waals surface area contributed by atoms with Crippen molar-refractivity contribution in [1.82, 2.24) is 10.3 Å². The van der Waals surface area contributed by atoms with Crippen LogP contribution in [0.5, 0.6) is 5.75 Å². The van der Waals surface area contributed by atoms with Gasteiger partial charge in [-0.05, 0) is 54.0 Å². The number of hydrogen-bond acceptors (Lipinski definition) is 4. The molecule has 0 saturated heterocycles. The van der Waals surface area contributed by atoms with E-state index in [-0.39, 0.29) is 11.9 Å². The number of rotatable bonds is 6. The molecule has 3 aromatic rings. The van der Waals surface area contributed by atoms with E-state index in [0.717, 1.165) is 53.3 Å². The minimum Gasteiger partial charge on any atom is -0.495 e. The van der Waals surface area contributed by atoms with Crippen molar-refractivity contribution in [2.45, 2.75) is 44.2 Å². The zero-order valence-electron chi connectivity index (χ0n) is 17.8. The maximum Gasteiger partial charge on any atom is 0.255 e. The molecule has 160 valence electrons. The average molecular weight is 417 g/mol. The highest BCUT2D eigenvalue weighted by Gasteiger charge is 2.27. The second-order valence-corrected chi connectivity index (χ2v) is 8.07. The van der Waals surface area contributed by atoms with Crippen LogP contribution in [0.1, 0.15) is 52.9 Å². The molecule has 0 bridgehead atoms. The SMILES string of the molecule is C=Cc1ccc(Cc2cc(C(=O)N[C@H]3CCCC[C@@H]3O)c(OC)c3ccccc23)cn1. The number of aliphatic hydroxyl groups is 1. The van der Waals surface area contributed by atoms with Crippen LogP contribution in [0, 0.1) is 0 Å². The average Bonchev–Trinajstić information content (AvgIpc) is 2.80. The number of ether oxygens (including phenoxy) is 1. The van der Waals surface area contributed by atoms with Crippen molar-refractivity contribution in [2.24, 2.45) is 0 Å². The molecule has 5 heteroatoms. The lowest BCUT2D eigenvalue weighted by Gasteiger charge is -2.28. The van der Waals surface area contributed by atoms with E-state index in [1.54, 1.807) is 13.2 Å². The predicted molar refractivity (Wildman–Crippen MR) is 123 cm³/mol. The Morgan fingerprint density at radius 3 is 2.68 bits per heavy atom. The van der Waals surface area contributed by atoms with E-state index in [1.165, 1.54) is 0 Å². The van der Waals surface area contributed by atoms with Crippen LogP contribution in [0.4, 0.5) is 0 Å². The van der Waals surface area contributed by atoms with Crippen LogP contribution in [0.25, 0.3) is 16.8 Å². The quantitative estimate of drug-likeness (QED) is 0.620. The third-order valence-electron chi connectivity index (χ3n) is 6.03. The van der Waals surface area contributed by atoms with Gasteiger partial charge in [0.15, 0.2) is 0 Å². The lowest BCUT2D eigenvalue weighted by Crippen LogP contribution is -2.45. The Bertz CT molecular complexity index is 1090. The van der Waals surface area contributed by atoms with E-state index in [2.05, 4.69) is 16.9 Å². The Kier molecular flexibility index (Phi) is 6.33. The van der Waals surface area contributed by atoms with Crippen LogP contribution in [-0.2, 0) is 6.42 Å². The Balaban J connectivity index is 1.73. The van der Waals surface area contributed by atoms with E-state index in [1.807, 2.05) is 48.7 Å². The summed E-state index contributed by atoms with van der Waals surface area (Å²) in [6, 6.07) is 13.6. The number of carbonyl (C=O) groups excluding carboxylic acids is 1. The molecule has 31 heavy (non-hydrogen) atoms. The number of carbonyl (C=O) groups is 1. The van der Waals surface area contributed by atoms with Gasteiger partial charge in [-0.1, -0.05) is 49.8 Å². The van der Waals surface area contributed by atoms with Crippen LogP contribution < -0.4 is 10.1 Å². The summed E-state index contributed by atoms with van der Waals surface area (Å²) in [6.07, 6.45) is 7.21. The molecule has 1 amide bonds. The molecule has 2 atom stereocenters. The molecule has 0 radical (unpaired) electrons. The number of aromatic nitrogens is 1. The Hall–Kier alpha value is -3.18. The first kappa shape index (κ1) is 21.1. The number of nitrogens with one attached hydrogen (secondary N) is 1. The fourth-order valence-electron chi connectivity index (χ4n) is 4.37. The molecule has 2 N–H and O–H groups in total. The summed E-state index contributed by atoms with van der Waals surface area (Å²) >= 11 is 0. The molecular formula is C26H28N2O3. The van der Waals surface area contributed by atoms with Gasteiger partial charge in [0.2, 0.25) is 0 Å². The largest absolute Gasteiger partial charge is 0.495 e. The minimum absolute atomic E-state index is 0.213. The number of hydrogen-bond donors (Lipinski definition) is 2. The standard InChI is InChI=1S/C26H28N2O3/c1-3-19-13-12-17(16-27-19)14-18-15-22(25(31-2)21-9-5-4-8-20(18)21)26(30)28-23-10-6-7-11-24(23)29/h3-5,8-9,12-13,15-16,23-24,29H,1,6-7,10-11,14H2,2H3,(H,28,30)/t23-,24-/m0/s1. The van der Waals surface area contributed by atoms with Crippen molar-refractivity contribution in [3.63, 3.8) is 0 Å². The van der Waals surface area contributed by atoms with Crippen LogP contribution in [0.3, 0.4) is 0 Å². The Morgan fingerprint density at radius 1 is 1.23 bits per heavy atom. The highest BCUT2D eigenvalue weighted by Crippen LogP contribution is 2.34. The maximum absolute atomic E-state index is 13.2. The van der Waals surface area contributed by atoms with Gasteiger partial charge in [-0.15, -0.1) is 0 Å². The Morgan fingerprint density at radius 2 is 2.00 bits per heavy atom. The van der Waals surface area contributed by atoms with Crippen molar-refractivity contribution in [1.29, 1.82) is 0 Å². The zero-order chi connectivity index (χ0) is 21.8. The predicted octanol–water partition coefficient (Wildman–Crippen LogP) is 4.51. The number of methoxy groups -OCH3 is 1. The van der Waals surface area contributed by atoms with Gasteiger partial charge in [-0.3, -0.25) is 9.78 Å². The minimum atomic E-state index is -0.502. The van der Waals surface area contributed by atoms with Crippen LogP contribution in [0.2, 0.25) is 0 Å². The first-order valence-electron chi connectivity index (χ1n) is 10.8. The highest BCUT2D eigenvalue weighted by atomic mass is 16.5. The van der Waals surface area contributed by atoms with Gasteiger partial charge in [0, 0.05) is 11.6 Å². The van der Waals surface area contributed by atoms with E-state index < -0.39 is 6.10 Å². The molecule has 1 fully saturated rings. The zero-order valence-corrected chi connectivity index (χ0v) is 17.8. The van der Waals surface area contributed by atoms with Crippen molar-refractivity contribution < 1.29 is 14.6 Å². The molecule has 5 nitrogen and oxygen atoms in total. The van der Waals surface area contributed by atoms with Gasteiger partial charge >= 0.3 is 0 Å². The number of amides is 1. The second kappa shape index (κ2) is 9.31. The van der Waals surface area contributed by atoms with E-state index in [9.17, 15) is 9.90 Å². The van der Waals surface area contributed by atoms with Crippen LogP contribution in [-0.4, -0.2) is 35.3 Å². The van der Waals surface area contributed by atoms with Gasteiger partial charge in [0.05, 0.1) is 30.5 Å². The molecular weight excluding hydrogens is 388 g/mol. The molecule has 1 aliphatic rings. The monoisotopic (exact) mass is 416 g/mol. The normalized spacial score (nSPS) is 18.5. The summed E-state index contributed by atoms with van der Waals surface area (Å²) in [6.45, 7) is 3.75. The van der Waals surface area contributed by atoms with Gasteiger partial charge in [-0.25, -0.2) is 0 Å². The topological polar surface area (TPSA) is 71.5 Å². The number of pyridine rings is 1. The summed E-state index contributed by atoms with van der Waals surface area (Å²) in [5, 5.41) is 15.3. The number of benzene rings is 2. The summed E-state index contributed by atoms with van der Waals surface area (Å²) in [5.74, 6) is 0.345. The number of nitrogens with zero attached hydrogens (tertiary/aromatic N) is 1. The molecule has 1 aliphatic carbocycles. The molecule has 0 unspecified atom stereocenters. The molecule has 1 heterocycles. The summed E-state index contributed by atoms with van der Waals surface area (Å²) in [7, 11) is 1.59. The van der Waals surface area contributed by atoms with Gasteiger partial charge in [0.25, 0.3) is 5.91 Å². The molecule has 0 aliphatic heterocycles. The molecule has 1 aromatic heterocycles. The smallest absolute Gasteiger partial charge is 0.255 e. The number of fused-ring (bicyclic) bond motifs is 1. The lowest BCUT2D eigenvalue weighted by atomic mass is 9.91. The molecule has 2 aromatic carbocycles. The van der Waals surface area contributed by atoms with Crippen molar-refractivity contribution >= 4 is 22.8 Å². The van der Waals surface area contributed by atoms with Crippen molar-refractivity contribution in [3.05, 3.63) is 77.6 Å². The third-order valence-corrected chi connectivity index (χ3v) is 6.03. The summed E-state index contributed by atoms with van der Waals surface area (Å²) in [4.78, 5) is 17.6. The number of aliphatic hydroxyl groups excluding tert-OH is 1. The van der Waals surface area contributed by atoms with Gasteiger partial charge in [0.1, 0.15) is 5.75 Å². The van der Waals surface area contributed by atoms with E-state index >= 15 is 0 Å². The lowest BCUT2D eigenvalue weighted by molar-refractivity contribution is 0.0715. The summed E-state index contributed by atoms with van der Waals surface area (Å²) < 4.78 is 5.68. The second-order valence-electron chi connectivity index (χ2n) is 8.07. The molecule has 1 saturated carbocycles. The summed E-state index contributed by atoms with van der Waals surface area (Å²) in [5.41, 5.74) is 3.40. The van der Waals surface area contributed by atoms with Gasteiger partial charge in [-0.2, -0.15) is 0 Å². The van der Waals surface area contributed by atoms with Crippen molar-refractivity contribution in [3.8, 4) is 5.75 Å². The highest BCUT2D eigenvalue weighted by molar-refractivity contribution is 6.05. The maximum atomic E-state index is 13.2. The van der Waals surface area contributed by atoms with Gasteiger partial charge < -0.3 is 15.2 Å². The molecule has 4 rings (SSSR count). The van der Waals surface area contributed by atoms with E-state index in [4.69, 9.17) is 4.74 Å². The Labute approximate surface area is 182 Å². The first-order valence-corrected chi connectivity index (χ1v) is 10.8. The van der Waals surface area contributed by atoms with E-state index in [0.29, 0.717) is 17.7 Å². The van der Waals surface area contributed by atoms with Crippen LogP contribution >= 0.6 is 0 Å². The third kappa shape index (κ3) is 4.47. The first-order chi connectivity index (χ1) is 15.1. The van der Waals surface area contributed by atoms with Crippen molar-refractivity contribution in [2.75, 3.05) is 7.11 Å². The fourth-order valence-corrected chi connectivity index (χ4v) is 4.37.